The number of nitrogens with zero attached hydrogens (tertiary/aromatic N) is 1. The lowest BCUT2D eigenvalue weighted by Gasteiger charge is -2.37. The average Bonchev–Trinajstić information content (AvgIpc) is 3.28. The van der Waals surface area contributed by atoms with Crippen LogP contribution in [0.25, 0.3) is 0 Å². The number of fused-ring (bicyclic) bond motifs is 3. The molecular formula is C29H30N2. The minimum Gasteiger partial charge on any atom is -0.378 e. The summed E-state index contributed by atoms with van der Waals surface area (Å²) in [5.41, 5.74) is 8.87. The predicted molar refractivity (Wildman–Crippen MR) is 132 cm³/mol. The molecule has 0 bridgehead atoms. The second kappa shape index (κ2) is 8.19. The van der Waals surface area contributed by atoms with E-state index in [2.05, 4.69) is 105 Å². The first-order chi connectivity index (χ1) is 15.1. The topological polar surface area (TPSA) is 24.4 Å². The third kappa shape index (κ3) is 3.95. The molecule has 0 aromatic heterocycles. The lowest BCUT2D eigenvalue weighted by atomic mass is 9.76. The van der Waals surface area contributed by atoms with Crippen molar-refractivity contribution in [1.82, 2.24) is 0 Å². The van der Waals surface area contributed by atoms with Gasteiger partial charge < -0.3 is 5.32 Å². The number of hydrogen-bond donors (Lipinski definition) is 1. The van der Waals surface area contributed by atoms with Crippen molar-refractivity contribution in [2.24, 2.45) is 10.9 Å². The van der Waals surface area contributed by atoms with Gasteiger partial charge in [0.15, 0.2) is 0 Å². The van der Waals surface area contributed by atoms with Gasteiger partial charge in [-0.2, -0.15) is 0 Å². The first-order valence-corrected chi connectivity index (χ1v) is 11.4. The van der Waals surface area contributed by atoms with Gasteiger partial charge in [-0.3, -0.25) is 4.99 Å². The molecule has 2 heteroatoms. The SMILES string of the molecule is Cc1ccc2c(c1)[C@@H]1C=CC[C@H]1[C@@H](c1ccc(N=Cc3ccc(C(C)C)cc3)cc1)N2. The third-order valence-electron chi connectivity index (χ3n) is 6.74. The average molecular weight is 407 g/mol. The summed E-state index contributed by atoms with van der Waals surface area (Å²) in [6.07, 6.45) is 7.83. The number of rotatable bonds is 4. The fourth-order valence-corrected chi connectivity index (χ4v) is 4.93. The molecule has 1 N–H and O–H groups in total. The van der Waals surface area contributed by atoms with Crippen molar-refractivity contribution in [1.29, 1.82) is 0 Å². The highest BCUT2D eigenvalue weighted by atomic mass is 15.0. The molecule has 2 aliphatic rings. The van der Waals surface area contributed by atoms with Crippen LogP contribution in [-0.4, -0.2) is 6.21 Å². The highest BCUT2D eigenvalue weighted by Crippen LogP contribution is 2.50. The van der Waals surface area contributed by atoms with Crippen molar-refractivity contribution in [3.8, 4) is 0 Å². The van der Waals surface area contributed by atoms with Crippen LogP contribution in [0.15, 0.2) is 83.9 Å². The third-order valence-corrected chi connectivity index (χ3v) is 6.74. The van der Waals surface area contributed by atoms with Gasteiger partial charge >= 0.3 is 0 Å². The van der Waals surface area contributed by atoms with Crippen LogP contribution in [0.1, 0.15) is 66.0 Å². The van der Waals surface area contributed by atoms with Gasteiger partial charge in [0.1, 0.15) is 0 Å². The number of allylic oxidation sites excluding steroid dienone is 2. The molecule has 1 aliphatic heterocycles. The molecule has 1 heterocycles. The fourth-order valence-electron chi connectivity index (χ4n) is 4.93. The minimum atomic E-state index is 0.330. The summed E-state index contributed by atoms with van der Waals surface area (Å²) in [4.78, 5) is 4.69. The Balaban J connectivity index is 1.34. The highest BCUT2D eigenvalue weighted by Gasteiger charge is 2.37. The van der Waals surface area contributed by atoms with E-state index in [1.54, 1.807) is 0 Å². The molecule has 3 atom stereocenters. The molecule has 0 radical (unpaired) electrons. The summed E-state index contributed by atoms with van der Waals surface area (Å²) >= 11 is 0. The van der Waals surface area contributed by atoms with Crippen molar-refractivity contribution in [2.45, 2.75) is 45.1 Å². The van der Waals surface area contributed by atoms with Gasteiger partial charge in [-0.05, 0) is 65.6 Å². The second-order valence-electron chi connectivity index (χ2n) is 9.24. The number of aryl methyl sites for hydroxylation is 1. The monoisotopic (exact) mass is 406 g/mol. The molecule has 0 unspecified atom stereocenters. The Morgan fingerprint density at radius 3 is 2.48 bits per heavy atom. The van der Waals surface area contributed by atoms with Gasteiger partial charge in [-0.15, -0.1) is 0 Å². The molecule has 3 aromatic rings. The van der Waals surface area contributed by atoms with Crippen molar-refractivity contribution in [2.75, 3.05) is 5.32 Å². The largest absolute Gasteiger partial charge is 0.378 e. The van der Waals surface area contributed by atoms with Crippen molar-refractivity contribution in [3.05, 3.63) is 107 Å². The van der Waals surface area contributed by atoms with E-state index in [4.69, 9.17) is 4.99 Å². The van der Waals surface area contributed by atoms with Crippen LogP contribution in [0, 0.1) is 12.8 Å². The van der Waals surface area contributed by atoms with E-state index in [0.29, 0.717) is 23.8 Å². The molecular weight excluding hydrogens is 376 g/mol. The van der Waals surface area contributed by atoms with Gasteiger partial charge in [-0.25, -0.2) is 0 Å². The zero-order valence-corrected chi connectivity index (χ0v) is 18.5. The molecule has 0 fully saturated rings. The van der Waals surface area contributed by atoms with Crippen molar-refractivity contribution in [3.63, 3.8) is 0 Å². The quantitative estimate of drug-likeness (QED) is 0.348. The maximum atomic E-state index is 4.69. The maximum Gasteiger partial charge on any atom is 0.0630 e. The Bertz CT molecular complexity index is 1120. The number of nitrogens with one attached hydrogen (secondary N) is 1. The van der Waals surface area contributed by atoms with E-state index < -0.39 is 0 Å². The van der Waals surface area contributed by atoms with Gasteiger partial charge in [0, 0.05) is 17.8 Å². The molecule has 0 saturated carbocycles. The molecule has 0 spiro atoms. The Hall–Kier alpha value is -3.13. The van der Waals surface area contributed by atoms with Gasteiger partial charge in [-0.1, -0.05) is 80.1 Å². The Morgan fingerprint density at radius 2 is 1.74 bits per heavy atom. The summed E-state index contributed by atoms with van der Waals surface area (Å²) in [6, 6.07) is 24.5. The van der Waals surface area contributed by atoms with Crippen LogP contribution >= 0.6 is 0 Å². The van der Waals surface area contributed by atoms with Gasteiger partial charge in [0.05, 0.1) is 11.7 Å². The van der Waals surface area contributed by atoms with E-state index in [-0.39, 0.29) is 0 Å². The summed E-state index contributed by atoms with van der Waals surface area (Å²) in [5, 5.41) is 3.83. The van der Waals surface area contributed by atoms with E-state index in [1.165, 1.54) is 27.9 Å². The number of benzene rings is 3. The molecule has 5 rings (SSSR count). The zero-order valence-electron chi connectivity index (χ0n) is 18.5. The summed E-state index contributed by atoms with van der Waals surface area (Å²) in [6.45, 7) is 6.61. The standard InChI is InChI=1S/C29H30N2/c1-19(2)22-10-8-21(9-11-22)18-30-24-14-12-23(13-15-24)29-26-6-4-5-25(26)27-17-20(3)7-16-28(27)31-29/h4-5,7-19,25-26,29,31H,6H2,1-3H3/t25-,26-,29-/m1/s1. The van der Waals surface area contributed by atoms with Crippen LogP contribution in [0.3, 0.4) is 0 Å². The second-order valence-corrected chi connectivity index (χ2v) is 9.24. The molecule has 0 saturated heterocycles. The molecule has 0 amide bonds. The molecule has 3 aromatic carbocycles. The Morgan fingerprint density at radius 1 is 0.968 bits per heavy atom. The summed E-state index contributed by atoms with van der Waals surface area (Å²) < 4.78 is 0. The first-order valence-electron chi connectivity index (χ1n) is 11.4. The van der Waals surface area contributed by atoms with E-state index in [0.717, 1.165) is 17.7 Å². The first kappa shape index (κ1) is 19.8. The molecule has 156 valence electrons. The molecule has 2 nitrogen and oxygen atoms in total. The minimum absolute atomic E-state index is 0.330. The van der Waals surface area contributed by atoms with Crippen LogP contribution in [0.5, 0.6) is 0 Å². The normalized spacial score (nSPS) is 21.9. The summed E-state index contributed by atoms with van der Waals surface area (Å²) in [5.74, 6) is 1.63. The number of aliphatic imine (C=N–C) groups is 1. The number of hydrogen-bond acceptors (Lipinski definition) is 2. The smallest absolute Gasteiger partial charge is 0.0630 e. The van der Waals surface area contributed by atoms with Crippen LogP contribution in [0.4, 0.5) is 11.4 Å². The van der Waals surface area contributed by atoms with Gasteiger partial charge in [0.2, 0.25) is 0 Å². The Labute approximate surface area is 185 Å². The molecule has 31 heavy (non-hydrogen) atoms. The molecule has 1 aliphatic carbocycles. The van der Waals surface area contributed by atoms with Crippen LogP contribution < -0.4 is 5.32 Å². The number of anilines is 1. The Kier molecular flexibility index (Phi) is 5.23. The highest BCUT2D eigenvalue weighted by molar-refractivity contribution is 5.82. The van der Waals surface area contributed by atoms with Gasteiger partial charge in [0.25, 0.3) is 0 Å². The lowest BCUT2D eigenvalue weighted by Crippen LogP contribution is -2.29. The van der Waals surface area contributed by atoms with E-state index >= 15 is 0 Å². The predicted octanol–water partition coefficient (Wildman–Crippen LogP) is 7.70. The van der Waals surface area contributed by atoms with E-state index in [1.807, 2.05) is 6.21 Å². The van der Waals surface area contributed by atoms with Crippen LogP contribution in [0.2, 0.25) is 0 Å². The maximum absolute atomic E-state index is 4.69. The van der Waals surface area contributed by atoms with Crippen LogP contribution in [-0.2, 0) is 0 Å². The zero-order chi connectivity index (χ0) is 21.4. The van der Waals surface area contributed by atoms with E-state index in [9.17, 15) is 0 Å². The fraction of sp³-hybridized carbons (Fsp3) is 0.276. The van der Waals surface area contributed by atoms with Crippen molar-refractivity contribution < 1.29 is 0 Å². The summed E-state index contributed by atoms with van der Waals surface area (Å²) in [7, 11) is 0. The lowest BCUT2D eigenvalue weighted by molar-refractivity contribution is 0.425. The van der Waals surface area contributed by atoms with Crippen molar-refractivity contribution >= 4 is 17.6 Å².